The van der Waals surface area contributed by atoms with Gasteiger partial charge in [-0.2, -0.15) is 0 Å². The molecule has 0 amide bonds. The first-order chi connectivity index (χ1) is 41.0. The molecule has 0 saturated heterocycles. The minimum absolute atomic E-state index is 0.105. The molecule has 0 aromatic carbocycles. The molecular weight excluding hydrogens is 1020 g/mol. The van der Waals surface area contributed by atoms with Gasteiger partial charge < -0.3 is 14.2 Å². The minimum atomic E-state index is -0.819. The maximum Gasteiger partial charge on any atom is 0.309 e. The van der Waals surface area contributed by atoms with Crippen molar-refractivity contribution in [3.63, 3.8) is 0 Å². The van der Waals surface area contributed by atoms with Gasteiger partial charge in [-0.1, -0.05) is 337 Å². The van der Waals surface area contributed by atoms with E-state index in [0.29, 0.717) is 12.8 Å². The Morgan fingerprint density at radius 2 is 0.518 bits per heavy atom. The first kappa shape index (κ1) is 79.6. The van der Waals surface area contributed by atoms with Crippen molar-refractivity contribution in [2.24, 2.45) is 0 Å². The first-order valence-electron chi connectivity index (χ1n) is 36.1. The molecule has 0 fully saturated rings. The Hall–Kier alpha value is -3.41. The van der Waals surface area contributed by atoms with Gasteiger partial charge in [-0.25, -0.2) is 0 Å². The quantitative estimate of drug-likeness (QED) is 0.0261. The SMILES string of the molecule is CC/C=C\C/C=C\C/C=C\C/C=C\C/C=C\CC(=O)OCC(COC(=O)CCCCCCCCCCCCCCCCCCCCCCC/C=C\CCCCCCCCCC)OC(=O)CCCCCCCCC/C=C\CCCCCCCC. The van der Waals surface area contributed by atoms with Crippen LogP contribution in [0.5, 0.6) is 0 Å². The van der Waals surface area contributed by atoms with Crippen LogP contribution in [-0.4, -0.2) is 37.2 Å². The van der Waals surface area contributed by atoms with Crippen LogP contribution in [0.25, 0.3) is 0 Å². The Morgan fingerprint density at radius 1 is 0.265 bits per heavy atom. The lowest BCUT2D eigenvalue weighted by molar-refractivity contribution is -0.166. The van der Waals surface area contributed by atoms with Crippen molar-refractivity contribution in [2.45, 2.75) is 374 Å². The third-order valence-electron chi connectivity index (χ3n) is 15.9. The van der Waals surface area contributed by atoms with Crippen LogP contribution in [0.2, 0.25) is 0 Å². The summed E-state index contributed by atoms with van der Waals surface area (Å²) in [6, 6.07) is 0. The highest BCUT2D eigenvalue weighted by molar-refractivity contribution is 5.72. The summed E-state index contributed by atoms with van der Waals surface area (Å²) in [6.07, 6.45) is 95.2. The Balaban J connectivity index is 4.21. The Labute approximate surface area is 515 Å². The van der Waals surface area contributed by atoms with Gasteiger partial charge in [0.2, 0.25) is 0 Å². The lowest BCUT2D eigenvalue weighted by Crippen LogP contribution is -2.30. The van der Waals surface area contributed by atoms with Crippen molar-refractivity contribution in [3.05, 3.63) is 85.1 Å². The summed E-state index contributed by atoms with van der Waals surface area (Å²) in [6.45, 7) is 6.48. The maximum atomic E-state index is 12.9. The summed E-state index contributed by atoms with van der Waals surface area (Å²) in [7, 11) is 0. The molecule has 1 unspecified atom stereocenters. The molecule has 0 aliphatic rings. The van der Waals surface area contributed by atoms with Crippen LogP contribution in [0.15, 0.2) is 85.1 Å². The highest BCUT2D eigenvalue weighted by Crippen LogP contribution is 2.18. The molecule has 0 spiro atoms. The largest absolute Gasteiger partial charge is 0.462 e. The first-order valence-corrected chi connectivity index (χ1v) is 36.1. The number of allylic oxidation sites excluding steroid dienone is 13. The van der Waals surface area contributed by atoms with E-state index < -0.39 is 12.1 Å². The fraction of sp³-hybridized carbons (Fsp3) is 0.779. The predicted molar refractivity (Wildman–Crippen MR) is 362 cm³/mol. The fourth-order valence-electron chi connectivity index (χ4n) is 10.5. The smallest absolute Gasteiger partial charge is 0.309 e. The zero-order valence-corrected chi connectivity index (χ0v) is 55.2. The standard InChI is InChI=1S/C77H136O6/c1-4-7-10-13-16-19-22-25-28-30-31-32-33-34-35-36-37-38-39-40-41-42-43-44-45-47-49-52-55-58-61-64-67-70-76(79)82-73-74(72-81-75(78)69-66-63-60-57-54-51-48-27-24-21-18-15-12-9-6-3)83-77(80)71-68-65-62-59-56-53-50-46-29-26-23-20-17-14-11-8-5-2/h9,12,18,21,26-27,29-31,48,54,57,63,66,74H,4-8,10-11,13-17,19-20,22-25,28,32-47,49-53,55-56,58-62,64-65,67-73H2,1-3H3/b12-9-,21-18-,29-26-,31-30-,48-27-,57-54-,66-63-. The van der Waals surface area contributed by atoms with Gasteiger partial charge in [0.15, 0.2) is 6.10 Å². The number of unbranched alkanes of at least 4 members (excludes halogenated alkanes) is 42. The molecule has 0 bridgehead atoms. The van der Waals surface area contributed by atoms with Gasteiger partial charge in [-0.15, -0.1) is 0 Å². The molecule has 6 heteroatoms. The molecule has 0 N–H and O–H groups in total. The maximum absolute atomic E-state index is 12.9. The number of rotatable bonds is 66. The van der Waals surface area contributed by atoms with Crippen LogP contribution < -0.4 is 0 Å². The van der Waals surface area contributed by atoms with Gasteiger partial charge in [-0.3, -0.25) is 14.4 Å². The summed E-state index contributed by atoms with van der Waals surface area (Å²) in [5, 5.41) is 0. The Bertz CT molecular complexity index is 1570. The van der Waals surface area contributed by atoms with Gasteiger partial charge in [0, 0.05) is 12.8 Å². The van der Waals surface area contributed by atoms with Crippen LogP contribution >= 0.6 is 0 Å². The van der Waals surface area contributed by atoms with Gasteiger partial charge in [0.05, 0.1) is 6.42 Å². The Morgan fingerprint density at radius 3 is 0.831 bits per heavy atom. The average Bonchev–Trinajstić information content (AvgIpc) is 3.49. The normalized spacial score (nSPS) is 12.6. The van der Waals surface area contributed by atoms with Crippen molar-refractivity contribution in [3.8, 4) is 0 Å². The number of hydrogen-bond donors (Lipinski definition) is 0. The second kappa shape index (κ2) is 71.1. The van der Waals surface area contributed by atoms with Crippen LogP contribution in [0, 0.1) is 0 Å². The van der Waals surface area contributed by atoms with Gasteiger partial charge in [0.1, 0.15) is 13.2 Å². The van der Waals surface area contributed by atoms with Gasteiger partial charge in [-0.05, 0) is 96.3 Å². The lowest BCUT2D eigenvalue weighted by Gasteiger charge is -2.18. The Kier molecular flexibility index (Phi) is 68.2. The lowest BCUT2D eigenvalue weighted by atomic mass is 10.0. The van der Waals surface area contributed by atoms with E-state index in [0.717, 1.165) is 70.6 Å². The van der Waals surface area contributed by atoms with E-state index in [2.05, 4.69) is 93.7 Å². The number of hydrogen-bond acceptors (Lipinski definition) is 6. The van der Waals surface area contributed by atoms with E-state index in [1.54, 1.807) is 6.08 Å². The summed E-state index contributed by atoms with van der Waals surface area (Å²) in [5.74, 6) is -1.03. The van der Waals surface area contributed by atoms with E-state index in [4.69, 9.17) is 14.2 Å². The topological polar surface area (TPSA) is 78.9 Å². The average molecular weight is 1160 g/mol. The zero-order chi connectivity index (χ0) is 59.9. The molecule has 1 atom stereocenters. The van der Waals surface area contributed by atoms with Crippen LogP contribution in [-0.2, 0) is 28.6 Å². The van der Waals surface area contributed by atoms with E-state index in [1.165, 1.54) is 257 Å². The molecule has 83 heavy (non-hydrogen) atoms. The molecule has 0 heterocycles. The molecule has 0 saturated carbocycles. The third-order valence-corrected chi connectivity index (χ3v) is 15.9. The van der Waals surface area contributed by atoms with Crippen LogP contribution in [0.4, 0.5) is 0 Å². The predicted octanol–water partition coefficient (Wildman–Crippen LogP) is 25.0. The van der Waals surface area contributed by atoms with Crippen LogP contribution in [0.1, 0.15) is 367 Å². The van der Waals surface area contributed by atoms with Gasteiger partial charge >= 0.3 is 17.9 Å². The molecule has 0 aromatic heterocycles. The summed E-state index contributed by atoms with van der Waals surface area (Å²) in [4.78, 5) is 38.3. The molecule has 0 aliphatic heterocycles. The summed E-state index contributed by atoms with van der Waals surface area (Å²) >= 11 is 0. The minimum Gasteiger partial charge on any atom is -0.462 e. The fourth-order valence-corrected chi connectivity index (χ4v) is 10.5. The second-order valence-corrected chi connectivity index (χ2v) is 24.1. The van der Waals surface area contributed by atoms with E-state index in [1.807, 2.05) is 6.08 Å². The van der Waals surface area contributed by atoms with E-state index >= 15 is 0 Å². The van der Waals surface area contributed by atoms with Crippen molar-refractivity contribution < 1.29 is 28.6 Å². The third kappa shape index (κ3) is 69.3. The van der Waals surface area contributed by atoms with Gasteiger partial charge in [0.25, 0.3) is 0 Å². The summed E-state index contributed by atoms with van der Waals surface area (Å²) in [5.41, 5.74) is 0. The molecule has 480 valence electrons. The van der Waals surface area contributed by atoms with E-state index in [-0.39, 0.29) is 31.6 Å². The molecule has 0 aliphatic carbocycles. The summed E-state index contributed by atoms with van der Waals surface area (Å²) < 4.78 is 16.9. The van der Waals surface area contributed by atoms with Crippen molar-refractivity contribution in [2.75, 3.05) is 13.2 Å². The van der Waals surface area contributed by atoms with Crippen molar-refractivity contribution in [1.82, 2.24) is 0 Å². The van der Waals surface area contributed by atoms with E-state index in [9.17, 15) is 14.4 Å². The molecular formula is C77H136O6. The molecule has 0 aromatic rings. The number of ether oxygens (including phenoxy) is 3. The molecule has 0 radical (unpaired) electrons. The molecule has 0 rings (SSSR count). The highest BCUT2D eigenvalue weighted by Gasteiger charge is 2.19. The molecule has 6 nitrogen and oxygen atoms in total. The van der Waals surface area contributed by atoms with Crippen molar-refractivity contribution in [1.29, 1.82) is 0 Å². The second-order valence-electron chi connectivity index (χ2n) is 24.1. The van der Waals surface area contributed by atoms with Crippen molar-refractivity contribution >= 4 is 17.9 Å². The number of esters is 3. The highest BCUT2D eigenvalue weighted by atomic mass is 16.6. The number of carbonyl (C=O) groups is 3. The zero-order valence-electron chi connectivity index (χ0n) is 55.2. The monoisotopic (exact) mass is 1160 g/mol. The number of carbonyl (C=O) groups excluding carboxylic acids is 3. The van der Waals surface area contributed by atoms with Crippen LogP contribution in [0.3, 0.4) is 0 Å².